The van der Waals surface area contributed by atoms with Crippen molar-refractivity contribution in [1.29, 1.82) is 0 Å². The molecule has 134 valence electrons. The highest BCUT2D eigenvalue weighted by Crippen LogP contribution is 2.30. The number of aromatic nitrogens is 1. The van der Waals surface area contributed by atoms with Crippen LogP contribution < -0.4 is 5.32 Å². The standard InChI is InChI=1S/C17H19Cl2N3O2S/c1-17(2,3)20-12(23)10-22(9-11-7-5-4-6-8-11)16(24)14-13(18)15(19)25-21-14/h4-8H,9-10H2,1-3H3,(H,20,23). The third-order valence-corrected chi connectivity index (χ3v) is 4.76. The number of carbonyl (C=O) groups excluding carboxylic acids is 2. The third kappa shape index (κ3) is 5.70. The number of rotatable bonds is 5. The Morgan fingerprint density at radius 2 is 1.84 bits per heavy atom. The zero-order valence-electron chi connectivity index (χ0n) is 14.2. The lowest BCUT2D eigenvalue weighted by Crippen LogP contribution is -2.47. The van der Waals surface area contributed by atoms with E-state index < -0.39 is 5.91 Å². The molecule has 8 heteroatoms. The maximum Gasteiger partial charge on any atom is 0.275 e. The van der Waals surface area contributed by atoms with Crippen LogP contribution in [0.15, 0.2) is 30.3 Å². The Bertz CT molecular complexity index is 757. The minimum atomic E-state index is -0.430. The van der Waals surface area contributed by atoms with Gasteiger partial charge in [0.25, 0.3) is 5.91 Å². The quantitative estimate of drug-likeness (QED) is 0.825. The fourth-order valence-electron chi connectivity index (χ4n) is 2.18. The van der Waals surface area contributed by atoms with Gasteiger partial charge in [-0.2, -0.15) is 4.37 Å². The Kier molecular flexibility index (Phi) is 6.43. The molecule has 1 N–H and O–H groups in total. The number of benzene rings is 1. The van der Waals surface area contributed by atoms with Gasteiger partial charge in [0.05, 0.1) is 0 Å². The molecule has 0 spiro atoms. The smallest absolute Gasteiger partial charge is 0.275 e. The van der Waals surface area contributed by atoms with E-state index in [1.165, 1.54) is 4.90 Å². The summed E-state index contributed by atoms with van der Waals surface area (Å²) in [4.78, 5) is 26.5. The molecule has 0 aliphatic rings. The molecular weight excluding hydrogens is 381 g/mol. The molecule has 0 radical (unpaired) electrons. The summed E-state index contributed by atoms with van der Waals surface area (Å²) in [6.07, 6.45) is 0. The zero-order valence-corrected chi connectivity index (χ0v) is 16.5. The molecule has 25 heavy (non-hydrogen) atoms. The first kappa shape index (κ1) is 19.7. The van der Waals surface area contributed by atoms with Crippen molar-refractivity contribution in [3.05, 3.63) is 50.9 Å². The van der Waals surface area contributed by atoms with Crippen LogP contribution in [0, 0.1) is 0 Å². The maximum atomic E-state index is 12.8. The number of nitrogens with zero attached hydrogens (tertiary/aromatic N) is 2. The SMILES string of the molecule is CC(C)(C)NC(=O)CN(Cc1ccccc1)C(=O)c1nsc(Cl)c1Cl. The van der Waals surface area contributed by atoms with Gasteiger partial charge in [-0.1, -0.05) is 53.5 Å². The lowest BCUT2D eigenvalue weighted by atomic mass is 10.1. The molecular formula is C17H19Cl2N3O2S. The van der Waals surface area contributed by atoms with Crippen molar-refractivity contribution in [2.75, 3.05) is 6.54 Å². The zero-order chi connectivity index (χ0) is 18.6. The van der Waals surface area contributed by atoms with Crippen LogP contribution in [-0.4, -0.2) is 33.2 Å². The van der Waals surface area contributed by atoms with Crippen molar-refractivity contribution in [1.82, 2.24) is 14.6 Å². The van der Waals surface area contributed by atoms with Crippen LogP contribution in [0.25, 0.3) is 0 Å². The molecule has 1 aromatic carbocycles. The number of hydrogen-bond donors (Lipinski definition) is 1. The highest BCUT2D eigenvalue weighted by Gasteiger charge is 2.26. The summed E-state index contributed by atoms with van der Waals surface area (Å²) in [7, 11) is 0. The van der Waals surface area contributed by atoms with Crippen LogP contribution in [0.5, 0.6) is 0 Å². The average Bonchev–Trinajstić information content (AvgIpc) is 2.85. The minimum Gasteiger partial charge on any atom is -0.350 e. The van der Waals surface area contributed by atoms with Crippen LogP contribution >= 0.6 is 34.7 Å². The molecule has 0 saturated heterocycles. The predicted octanol–water partition coefficient (Wildman–Crippen LogP) is 4.01. The summed E-state index contributed by atoms with van der Waals surface area (Å²) in [6, 6.07) is 9.41. The molecule has 5 nitrogen and oxygen atoms in total. The molecule has 0 aliphatic carbocycles. The van der Waals surface area contributed by atoms with Crippen LogP contribution in [0.2, 0.25) is 9.36 Å². The summed E-state index contributed by atoms with van der Waals surface area (Å²) in [6.45, 7) is 5.81. The Hall–Kier alpha value is -1.63. The highest BCUT2D eigenvalue weighted by molar-refractivity contribution is 7.11. The predicted molar refractivity (Wildman–Crippen MR) is 101 cm³/mol. The normalized spacial score (nSPS) is 11.2. The second kappa shape index (κ2) is 8.17. The summed E-state index contributed by atoms with van der Waals surface area (Å²) in [5, 5.41) is 2.97. The fraction of sp³-hybridized carbons (Fsp3) is 0.353. The molecule has 1 heterocycles. The molecule has 1 aromatic heterocycles. The van der Waals surface area contributed by atoms with Gasteiger partial charge in [-0.05, 0) is 37.9 Å². The number of halogens is 2. The summed E-state index contributed by atoms with van der Waals surface area (Å²) >= 11 is 12.9. The number of hydrogen-bond acceptors (Lipinski definition) is 4. The van der Waals surface area contributed by atoms with Gasteiger partial charge in [0, 0.05) is 12.1 Å². The third-order valence-electron chi connectivity index (χ3n) is 3.15. The van der Waals surface area contributed by atoms with E-state index in [1.807, 2.05) is 51.1 Å². The molecule has 0 fully saturated rings. The summed E-state index contributed by atoms with van der Waals surface area (Å²) in [5.74, 6) is -0.685. The van der Waals surface area contributed by atoms with E-state index in [-0.39, 0.29) is 39.6 Å². The van der Waals surface area contributed by atoms with E-state index in [9.17, 15) is 9.59 Å². The lowest BCUT2D eigenvalue weighted by molar-refractivity contribution is -0.123. The van der Waals surface area contributed by atoms with E-state index >= 15 is 0 Å². The molecule has 0 unspecified atom stereocenters. The van der Waals surface area contributed by atoms with Gasteiger partial charge in [0.2, 0.25) is 5.91 Å². The molecule has 2 rings (SSSR count). The van der Waals surface area contributed by atoms with Gasteiger partial charge >= 0.3 is 0 Å². The van der Waals surface area contributed by atoms with Gasteiger partial charge < -0.3 is 10.2 Å². The molecule has 0 aliphatic heterocycles. The van der Waals surface area contributed by atoms with Crippen LogP contribution in [-0.2, 0) is 11.3 Å². The van der Waals surface area contributed by atoms with Gasteiger partial charge in [0.1, 0.15) is 15.9 Å². The first-order valence-electron chi connectivity index (χ1n) is 7.62. The van der Waals surface area contributed by atoms with Gasteiger partial charge in [-0.3, -0.25) is 9.59 Å². The second-order valence-electron chi connectivity index (χ2n) is 6.56. The minimum absolute atomic E-state index is 0.0659. The summed E-state index contributed by atoms with van der Waals surface area (Å²) < 4.78 is 4.27. The second-order valence-corrected chi connectivity index (χ2v) is 8.32. The van der Waals surface area contributed by atoms with Crippen molar-refractivity contribution < 1.29 is 9.59 Å². The van der Waals surface area contributed by atoms with Crippen molar-refractivity contribution in [3.63, 3.8) is 0 Å². The van der Waals surface area contributed by atoms with Crippen molar-refractivity contribution in [3.8, 4) is 0 Å². The first-order chi connectivity index (χ1) is 11.7. The Balaban J connectivity index is 2.23. The van der Waals surface area contributed by atoms with Crippen LogP contribution in [0.1, 0.15) is 36.8 Å². The van der Waals surface area contributed by atoms with Crippen molar-refractivity contribution >= 4 is 46.5 Å². The van der Waals surface area contributed by atoms with Crippen LogP contribution in [0.4, 0.5) is 0 Å². The Morgan fingerprint density at radius 3 is 2.36 bits per heavy atom. The van der Waals surface area contributed by atoms with Gasteiger partial charge in [-0.25, -0.2) is 0 Å². The lowest BCUT2D eigenvalue weighted by Gasteiger charge is -2.25. The van der Waals surface area contributed by atoms with Crippen molar-refractivity contribution in [2.24, 2.45) is 0 Å². The van der Waals surface area contributed by atoms with Crippen LogP contribution in [0.3, 0.4) is 0 Å². The highest BCUT2D eigenvalue weighted by atomic mass is 35.5. The summed E-state index contributed by atoms with van der Waals surface area (Å²) in [5.41, 5.74) is 0.577. The molecule has 0 atom stereocenters. The van der Waals surface area contributed by atoms with E-state index in [4.69, 9.17) is 23.2 Å². The number of carbonyl (C=O) groups is 2. The number of nitrogens with one attached hydrogen (secondary N) is 1. The van der Waals surface area contributed by atoms with Gasteiger partial charge in [-0.15, -0.1) is 0 Å². The van der Waals surface area contributed by atoms with Crippen molar-refractivity contribution in [2.45, 2.75) is 32.9 Å². The maximum absolute atomic E-state index is 12.8. The molecule has 2 aromatic rings. The van der Waals surface area contributed by atoms with E-state index in [1.54, 1.807) is 0 Å². The Labute approximate surface area is 161 Å². The average molecular weight is 400 g/mol. The topological polar surface area (TPSA) is 62.3 Å². The monoisotopic (exact) mass is 399 g/mol. The largest absolute Gasteiger partial charge is 0.350 e. The molecule has 0 saturated carbocycles. The van der Waals surface area contributed by atoms with E-state index in [2.05, 4.69) is 9.69 Å². The Morgan fingerprint density at radius 1 is 1.20 bits per heavy atom. The van der Waals surface area contributed by atoms with Gasteiger partial charge in [0.15, 0.2) is 5.69 Å². The molecule has 0 bridgehead atoms. The van der Waals surface area contributed by atoms with E-state index in [0.29, 0.717) is 0 Å². The molecule has 2 amide bonds. The number of amides is 2. The first-order valence-corrected chi connectivity index (χ1v) is 9.15. The fourth-order valence-corrected chi connectivity index (χ4v) is 3.16. The van der Waals surface area contributed by atoms with E-state index in [0.717, 1.165) is 17.1 Å².